The molecule has 2 aromatic heterocycles. The van der Waals surface area contributed by atoms with Gasteiger partial charge < -0.3 is 15.8 Å². The second-order valence-electron chi connectivity index (χ2n) is 6.86. The third kappa shape index (κ3) is 4.17. The van der Waals surface area contributed by atoms with E-state index in [9.17, 15) is 0 Å². The Bertz CT molecular complexity index is 918. The SMILES string of the molecule is Cc1cccc(Nc2nc3c(N)ncc(CCCN4CCOCC4)n3n2)c1. The maximum atomic E-state index is 6.02. The quantitative estimate of drug-likeness (QED) is 0.688. The number of nitrogens with one attached hydrogen (secondary N) is 1. The van der Waals surface area contributed by atoms with Crippen LogP contribution in [0.2, 0.25) is 0 Å². The van der Waals surface area contributed by atoms with Crippen LogP contribution < -0.4 is 11.1 Å². The highest BCUT2D eigenvalue weighted by Crippen LogP contribution is 2.19. The Hall–Kier alpha value is -2.71. The van der Waals surface area contributed by atoms with Crippen LogP contribution in [0.3, 0.4) is 0 Å². The van der Waals surface area contributed by atoms with Gasteiger partial charge in [-0.3, -0.25) is 4.90 Å². The zero-order chi connectivity index (χ0) is 18.6. The van der Waals surface area contributed by atoms with E-state index in [4.69, 9.17) is 10.5 Å². The Morgan fingerprint density at radius 2 is 2.11 bits per heavy atom. The van der Waals surface area contributed by atoms with Crippen LogP contribution >= 0.6 is 0 Å². The van der Waals surface area contributed by atoms with E-state index in [1.54, 1.807) is 10.7 Å². The van der Waals surface area contributed by atoms with Gasteiger partial charge in [0.2, 0.25) is 5.95 Å². The minimum atomic E-state index is 0.386. The Morgan fingerprint density at radius 3 is 2.93 bits per heavy atom. The lowest BCUT2D eigenvalue weighted by molar-refractivity contribution is 0.0374. The van der Waals surface area contributed by atoms with Crippen molar-refractivity contribution >= 4 is 23.1 Å². The predicted molar refractivity (Wildman–Crippen MR) is 105 cm³/mol. The van der Waals surface area contributed by atoms with Gasteiger partial charge in [0.15, 0.2) is 11.5 Å². The van der Waals surface area contributed by atoms with Gasteiger partial charge in [-0.05, 0) is 44.0 Å². The molecule has 3 heterocycles. The predicted octanol–water partition coefficient (Wildman–Crippen LogP) is 2.02. The summed E-state index contributed by atoms with van der Waals surface area (Å²) in [5.74, 6) is 0.909. The summed E-state index contributed by atoms with van der Waals surface area (Å²) in [7, 11) is 0. The van der Waals surface area contributed by atoms with Crippen molar-refractivity contribution in [2.24, 2.45) is 0 Å². The molecule has 1 fully saturated rings. The third-order valence-electron chi connectivity index (χ3n) is 4.75. The number of ether oxygens (including phenoxy) is 1. The van der Waals surface area contributed by atoms with Crippen LogP contribution in [0.1, 0.15) is 17.7 Å². The molecule has 0 spiro atoms. The van der Waals surface area contributed by atoms with Gasteiger partial charge in [0.1, 0.15) is 0 Å². The molecule has 0 saturated carbocycles. The van der Waals surface area contributed by atoms with E-state index in [2.05, 4.69) is 44.3 Å². The molecule has 0 aliphatic carbocycles. The molecular formula is C19H25N7O. The van der Waals surface area contributed by atoms with Gasteiger partial charge in [-0.15, -0.1) is 5.10 Å². The number of nitrogen functional groups attached to an aromatic ring is 1. The first-order chi connectivity index (χ1) is 13.2. The zero-order valence-electron chi connectivity index (χ0n) is 15.6. The van der Waals surface area contributed by atoms with Crippen LogP contribution in [0.25, 0.3) is 5.65 Å². The van der Waals surface area contributed by atoms with E-state index < -0.39 is 0 Å². The van der Waals surface area contributed by atoms with Crippen molar-refractivity contribution in [2.75, 3.05) is 43.9 Å². The van der Waals surface area contributed by atoms with Crippen LogP contribution in [-0.4, -0.2) is 57.3 Å². The van der Waals surface area contributed by atoms with E-state index in [0.717, 1.165) is 57.1 Å². The molecule has 3 N–H and O–H groups in total. The average molecular weight is 367 g/mol. The first-order valence-corrected chi connectivity index (χ1v) is 9.33. The average Bonchev–Trinajstić information content (AvgIpc) is 3.09. The molecule has 8 nitrogen and oxygen atoms in total. The summed E-state index contributed by atoms with van der Waals surface area (Å²) in [4.78, 5) is 11.3. The highest BCUT2D eigenvalue weighted by molar-refractivity contribution is 5.64. The van der Waals surface area contributed by atoms with Gasteiger partial charge >= 0.3 is 0 Å². The number of anilines is 3. The lowest BCUT2D eigenvalue weighted by Crippen LogP contribution is -2.37. The molecule has 0 atom stereocenters. The molecule has 1 aliphatic heterocycles. The van der Waals surface area contributed by atoms with Crippen molar-refractivity contribution in [1.82, 2.24) is 24.5 Å². The van der Waals surface area contributed by atoms with Gasteiger partial charge in [-0.2, -0.15) is 4.98 Å². The van der Waals surface area contributed by atoms with Gasteiger partial charge in [0.05, 0.1) is 25.1 Å². The van der Waals surface area contributed by atoms with Gasteiger partial charge in [0, 0.05) is 18.8 Å². The molecule has 0 unspecified atom stereocenters. The standard InChI is InChI=1S/C19H25N7O/c1-14-4-2-5-15(12-14)22-19-23-18-17(20)21-13-16(26(18)24-19)6-3-7-25-8-10-27-11-9-25/h2,4-5,12-13H,3,6-11H2,1H3,(H2,20,21)(H,22,24). The number of nitrogens with two attached hydrogens (primary N) is 1. The molecule has 1 saturated heterocycles. The van der Waals surface area contributed by atoms with Gasteiger partial charge in [-0.25, -0.2) is 9.50 Å². The lowest BCUT2D eigenvalue weighted by atomic mass is 10.2. The number of aromatic nitrogens is 4. The minimum absolute atomic E-state index is 0.386. The monoisotopic (exact) mass is 367 g/mol. The molecule has 142 valence electrons. The second-order valence-corrected chi connectivity index (χ2v) is 6.86. The molecule has 0 bridgehead atoms. The van der Waals surface area contributed by atoms with Crippen molar-refractivity contribution < 1.29 is 4.74 Å². The van der Waals surface area contributed by atoms with Gasteiger partial charge in [-0.1, -0.05) is 12.1 Å². The number of rotatable bonds is 6. The molecule has 1 aliphatic rings. The first-order valence-electron chi connectivity index (χ1n) is 9.33. The maximum absolute atomic E-state index is 6.02. The number of hydrogen-bond donors (Lipinski definition) is 2. The van der Waals surface area contributed by atoms with Crippen molar-refractivity contribution in [1.29, 1.82) is 0 Å². The molecule has 4 rings (SSSR count). The molecule has 27 heavy (non-hydrogen) atoms. The fourth-order valence-electron chi connectivity index (χ4n) is 3.32. The fraction of sp³-hybridized carbons (Fsp3) is 0.421. The number of fused-ring (bicyclic) bond motifs is 1. The van der Waals surface area contributed by atoms with E-state index in [1.165, 1.54) is 5.56 Å². The fourth-order valence-corrected chi connectivity index (χ4v) is 3.32. The maximum Gasteiger partial charge on any atom is 0.247 e. The van der Waals surface area contributed by atoms with Crippen molar-refractivity contribution in [3.05, 3.63) is 41.7 Å². The van der Waals surface area contributed by atoms with Crippen LogP contribution in [0.5, 0.6) is 0 Å². The molecule has 8 heteroatoms. The molecular weight excluding hydrogens is 342 g/mol. The number of aryl methyl sites for hydroxylation is 2. The summed E-state index contributed by atoms with van der Waals surface area (Å²) in [6.07, 6.45) is 3.70. The van der Waals surface area contributed by atoms with Crippen LogP contribution in [0.4, 0.5) is 17.5 Å². The van der Waals surface area contributed by atoms with E-state index in [1.807, 2.05) is 12.1 Å². The van der Waals surface area contributed by atoms with E-state index in [0.29, 0.717) is 17.4 Å². The lowest BCUT2D eigenvalue weighted by Gasteiger charge is -2.26. The minimum Gasteiger partial charge on any atom is -0.381 e. The highest BCUT2D eigenvalue weighted by Gasteiger charge is 2.13. The van der Waals surface area contributed by atoms with E-state index in [-0.39, 0.29) is 0 Å². The smallest absolute Gasteiger partial charge is 0.247 e. The largest absolute Gasteiger partial charge is 0.381 e. The number of hydrogen-bond acceptors (Lipinski definition) is 7. The molecule has 0 amide bonds. The molecule has 1 aromatic carbocycles. The third-order valence-corrected chi connectivity index (χ3v) is 4.75. The summed E-state index contributed by atoms with van der Waals surface area (Å²) in [6.45, 7) is 6.75. The van der Waals surface area contributed by atoms with Crippen LogP contribution in [0.15, 0.2) is 30.5 Å². The van der Waals surface area contributed by atoms with Crippen LogP contribution in [0, 0.1) is 6.92 Å². The van der Waals surface area contributed by atoms with Crippen molar-refractivity contribution in [3.8, 4) is 0 Å². The number of morpholine rings is 1. The summed E-state index contributed by atoms with van der Waals surface area (Å²) in [5.41, 5.74) is 9.75. The van der Waals surface area contributed by atoms with Gasteiger partial charge in [0.25, 0.3) is 0 Å². The van der Waals surface area contributed by atoms with E-state index >= 15 is 0 Å². The highest BCUT2D eigenvalue weighted by atomic mass is 16.5. The Labute approximate surface area is 158 Å². The Balaban J connectivity index is 1.49. The summed E-state index contributed by atoms with van der Waals surface area (Å²) in [5, 5.41) is 7.85. The Kier molecular flexibility index (Phi) is 5.17. The topological polar surface area (TPSA) is 93.6 Å². The summed E-state index contributed by atoms with van der Waals surface area (Å²) in [6, 6.07) is 8.09. The summed E-state index contributed by atoms with van der Waals surface area (Å²) < 4.78 is 7.20. The molecule has 0 radical (unpaired) electrons. The van der Waals surface area contributed by atoms with Crippen molar-refractivity contribution in [2.45, 2.75) is 19.8 Å². The van der Waals surface area contributed by atoms with Crippen LogP contribution in [-0.2, 0) is 11.2 Å². The Morgan fingerprint density at radius 1 is 1.26 bits per heavy atom. The normalized spacial score (nSPS) is 15.3. The molecule has 3 aromatic rings. The number of benzene rings is 1. The number of nitrogens with zero attached hydrogens (tertiary/aromatic N) is 5. The van der Waals surface area contributed by atoms with Crippen molar-refractivity contribution in [3.63, 3.8) is 0 Å². The first kappa shape index (κ1) is 17.7. The second kappa shape index (κ2) is 7.89. The summed E-state index contributed by atoms with van der Waals surface area (Å²) >= 11 is 0. The zero-order valence-corrected chi connectivity index (χ0v) is 15.6.